The van der Waals surface area contributed by atoms with Crippen LogP contribution in [-0.4, -0.2) is 23.9 Å². The summed E-state index contributed by atoms with van der Waals surface area (Å²) in [4.78, 5) is 0. The number of rotatable bonds is 1. The molecular formula is C8H14O2. The monoisotopic (exact) mass is 142 g/mol. The molecule has 0 amide bonds. The lowest BCUT2D eigenvalue weighted by molar-refractivity contribution is 0.0633. The Hall–Kier alpha value is -0.340. The molecule has 1 unspecified atom stereocenters. The van der Waals surface area contributed by atoms with Gasteiger partial charge in [-0.2, -0.15) is 0 Å². The first-order valence-corrected chi connectivity index (χ1v) is 3.70. The molecule has 0 radical (unpaired) electrons. The molecule has 1 N–H and O–H groups in total. The second-order valence-electron chi connectivity index (χ2n) is 2.77. The molecule has 1 aliphatic heterocycles. The smallest absolute Gasteiger partial charge is 0.0847 e. The van der Waals surface area contributed by atoms with E-state index >= 15 is 0 Å². The number of hydrogen-bond donors (Lipinski definition) is 1. The fraction of sp³-hybridized carbons (Fsp3) is 0.750. The Morgan fingerprint density at radius 3 is 2.90 bits per heavy atom. The molecular weight excluding hydrogens is 128 g/mol. The van der Waals surface area contributed by atoms with Crippen molar-refractivity contribution in [1.29, 1.82) is 0 Å². The van der Waals surface area contributed by atoms with Crippen LogP contribution in [0.5, 0.6) is 0 Å². The lowest BCUT2D eigenvalue weighted by Gasteiger charge is -2.20. The number of aliphatic hydroxyl groups is 1. The van der Waals surface area contributed by atoms with Crippen LogP contribution in [0.1, 0.15) is 19.3 Å². The average molecular weight is 142 g/mol. The lowest BCUT2D eigenvalue weighted by Crippen LogP contribution is -2.25. The molecule has 10 heavy (non-hydrogen) atoms. The molecule has 0 aromatic heterocycles. The predicted molar refractivity (Wildman–Crippen MR) is 39.8 cm³/mol. The molecule has 1 rings (SSSR count). The van der Waals surface area contributed by atoms with Gasteiger partial charge in [-0.3, -0.25) is 0 Å². The molecule has 1 atom stereocenters. The zero-order valence-electron chi connectivity index (χ0n) is 6.18. The van der Waals surface area contributed by atoms with E-state index in [2.05, 4.69) is 6.58 Å². The largest absolute Gasteiger partial charge is 0.386 e. The van der Waals surface area contributed by atoms with Gasteiger partial charge in [-0.05, 0) is 12.8 Å². The van der Waals surface area contributed by atoms with Gasteiger partial charge in [-0.15, -0.1) is 6.58 Å². The van der Waals surface area contributed by atoms with Crippen LogP contribution in [-0.2, 0) is 4.74 Å². The third-order valence-electron chi connectivity index (χ3n) is 1.96. The SMILES string of the molecule is C=CC1(O)CCCOCC1. The normalized spacial score (nSPS) is 34.9. The fourth-order valence-corrected chi connectivity index (χ4v) is 1.16. The molecule has 2 nitrogen and oxygen atoms in total. The summed E-state index contributed by atoms with van der Waals surface area (Å²) in [5.41, 5.74) is -0.656. The summed E-state index contributed by atoms with van der Waals surface area (Å²) in [5, 5.41) is 9.66. The summed E-state index contributed by atoms with van der Waals surface area (Å²) in [6.45, 7) is 5.02. The molecule has 1 aliphatic rings. The van der Waals surface area contributed by atoms with Crippen LogP contribution in [0, 0.1) is 0 Å². The maximum absolute atomic E-state index is 9.66. The summed E-state index contributed by atoms with van der Waals surface area (Å²) in [5.74, 6) is 0. The van der Waals surface area contributed by atoms with Gasteiger partial charge in [-0.1, -0.05) is 6.08 Å². The van der Waals surface area contributed by atoms with Gasteiger partial charge >= 0.3 is 0 Å². The van der Waals surface area contributed by atoms with Gasteiger partial charge < -0.3 is 9.84 Å². The van der Waals surface area contributed by atoms with E-state index in [0.717, 1.165) is 19.4 Å². The Morgan fingerprint density at radius 1 is 1.40 bits per heavy atom. The van der Waals surface area contributed by atoms with Crippen LogP contribution in [0.2, 0.25) is 0 Å². The Balaban J connectivity index is 2.48. The first kappa shape index (κ1) is 7.76. The molecule has 1 saturated heterocycles. The molecule has 0 saturated carbocycles. The van der Waals surface area contributed by atoms with Crippen LogP contribution < -0.4 is 0 Å². The summed E-state index contributed by atoms with van der Waals surface area (Å²) < 4.78 is 5.18. The first-order valence-electron chi connectivity index (χ1n) is 3.70. The van der Waals surface area contributed by atoms with Gasteiger partial charge in [0.05, 0.1) is 5.60 Å². The van der Waals surface area contributed by atoms with E-state index in [1.807, 2.05) is 0 Å². The quantitative estimate of drug-likeness (QED) is 0.555. The zero-order chi connectivity index (χ0) is 7.45. The third-order valence-corrected chi connectivity index (χ3v) is 1.96. The van der Waals surface area contributed by atoms with Crippen molar-refractivity contribution in [3.05, 3.63) is 12.7 Å². The average Bonchev–Trinajstić information content (AvgIpc) is 2.15. The van der Waals surface area contributed by atoms with Gasteiger partial charge in [0.2, 0.25) is 0 Å². The van der Waals surface area contributed by atoms with Crippen LogP contribution >= 0.6 is 0 Å². The number of ether oxygens (including phenoxy) is 1. The van der Waals surface area contributed by atoms with Crippen LogP contribution in [0.3, 0.4) is 0 Å². The fourth-order valence-electron chi connectivity index (χ4n) is 1.16. The minimum atomic E-state index is -0.656. The van der Waals surface area contributed by atoms with Crippen molar-refractivity contribution in [2.45, 2.75) is 24.9 Å². The maximum Gasteiger partial charge on any atom is 0.0847 e. The van der Waals surface area contributed by atoms with E-state index in [9.17, 15) is 5.11 Å². The first-order chi connectivity index (χ1) is 4.77. The molecule has 1 fully saturated rings. The molecule has 0 aromatic carbocycles. The highest BCUT2D eigenvalue weighted by molar-refractivity contribution is 4.95. The van der Waals surface area contributed by atoms with E-state index < -0.39 is 5.60 Å². The molecule has 2 heteroatoms. The minimum Gasteiger partial charge on any atom is -0.386 e. The molecule has 0 bridgehead atoms. The van der Waals surface area contributed by atoms with E-state index in [0.29, 0.717) is 13.0 Å². The highest BCUT2D eigenvalue weighted by Crippen LogP contribution is 2.21. The van der Waals surface area contributed by atoms with Crippen LogP contribution in [0.25, 0.3) is 0 Å². The molecule has 0 spiro atoms. The van der Waals surface area contributed by atoms with Gasteiger partial charge in [0.15, 0.2) is 0 Å². The van der Waals surface area contributed by atoms with E-state index in [4.69, 9.17) is 4.74 Å². The summed E-state index contributed by atoms with van der Waals surface area (Å²) in [6.07, 6.45) is 4.04. The topological polar surface area (TPSA) is 29.5 Å². The molecule has 58 valence electrons. The second-order valence-corrected chi connectivity index (χ2v) is 2.77. The van der Waals surface area contributed by atoms with E-state index in [1.54, 1.807) is 6.08 Å². The lowest BCUT2D eigenvalue weighted by atomic mass is 9.95. The Bertz CT molecular complexity index is 112. The van der Waals surface area contributed by atoms with Gasteiger partial charge in [0.1, 0.15) is 0 Å². The van der Waals surface area contributed by atoms with Crippen LogP contribution in [0.15, 0.2) is 12.7 Å². The van der Waals surface area contributed by atoms with E-state index in [-0.39, 0.29) is 0 Å². The van der Waals surface area contributed by atoms with Gasteiger partial charge in [-0.25, -0.2) is 0 Å². The summed E-state index contributed by atoms with van der Waals surface area (Å²) in [7, 11) is 0. The Kier molecular flexibility index (Phi) is 2.46. The van der Waals surface area contributed by atoms with Gasteiger partial charge in [0.25, 0.3) is 0 Å². The zero-order valence-corrected chi connectivity index (χ0v) is 6.18. The van der Waals surface area contributed by atoms with Crippen molar-refractivity contribution in [2.24, 2.45) is 0 Å². The van der Waals surface area contributed by atoms with E-state index in [1.165, 1.54) is 0 Å². The highest BCUT2D eigenvalue weighted by atomic mass is 16.5. The van der Waals surface area contributed by atoms with Crippen molar-refractivity contribution < 1.29 is 9.84 Å². The highest BCUT2D eigenvalue weighted by Gasteiger charge is 2.23. The predicted octanol–water partition coefficient (Wildman–Crippen LogP) is 1.10. The van der Waals surface area contributed by atoms with Crippen molar-refractivity contribution in [2.75, 3.05) is 13.2 Å². The summed E-state index contributed by atoms with van der Waals surface area (Å²) >= 11 is 0. The minimum absolute atomic E-state index is 0.655. The van der Waals surface area contributed by atoms with Crippen molar-refractivity contribution >= 4 is 0 Å². The number of hydrogen-bond acceptors (Lipinski definition) is 2. The second kappa shape index (κ2) is 3.17. The van der Waals surface area contributed by atoms with Crippen molar-refractivity contribution in [3.63, 3.8) is 0 Å². The van der Waals surface area contributed by atoms with Gasteiger partial charge in [0, 0.05) is 19.6 Å². The molecule has 0 aliphatic carbocycles. The van der Waals surface area contributed by atoms with Crippen LogP contribution in [0.4, 0.5) is 0 Å². The Morgan fingerprint density at radius 2 is 2.20 bits per heavy atom. The van der Waals surface area contributed by atoms with Crippen molar-refractivity contribution in [3.8, 4) is 0 Å². The third kappa shape index (κ3) is 1.82. The standard InChI is InChI=1S/C8H14O2/c1-2-8(9)4-3-6-10-7-5-8/h2,9H,1,3-7H2. The Labute approximate surface area is 61.5 Å². The molecule has 1 heterocycles. The summed E-state index contributed by atoms with van der Waals surface area (Å²) in [6, 6.07) is 0. The molecule has 0 aromatic rings. The maximum atomic E-state index is 9.66. The van der Waals surface area contributed by atoms with Crippen molar-refractivity contribution in [1.82, 2.24) is 0 Å².